The molecule has 2 N–H and O–H groups in total. The summed E-state index contributed by atoms with van der Waals surface area (Å²) in [6.45, 7) is 0. The Morgan fingerprint density at radius 2 is 2.11 bits per heavy atom. The van der Waals surface area contributed by atoms with Gasteiger partial charge in [-0.3, -0.25) is 4.72 Å². The lowest BCUT2D eigenvalue weighted by molar-refractivity contribution is 0.0687. The van der Waals surface area contributed by atoms with Crippen molar-refractivity contribution in [2.24, 2.45) is 0 Å². The molecule has 2 heterocycles. The van der Waals surface area contributed by atoms with E-state index in [1.165, 1.54) is 6.07 Å². The Labute approximate surface area is 110 Å². The molecule has 0 aliphatic heterocycles. The number of hydrogen-bond acceptors (Lipinski definition) is 6. The lowest BCUT2D eigenvalue weighted by Gasteiger charge is -2.05. The highest BCUT2D eigenvalue weighted by atomic mass is 32.2. The van der Waals surface area contributed by atoms with Crippen LogP contribution in [0.3, 0.4) is 0 Å². The number of nitrogens with zero attached hydrogens (tertiary/aromatic N) is 2. The standard InChI is InChI=1S/C9H6FN3O4S2/c10-6-2-1-5(3-11-6)13-19(16,17)9-7(8(14)15)12-4-18-9/h1-4,13H,(H,14,15). The number of nitrogens with one attached hydrogen (secondary N) is 1. The maximum Gasteiger partial charge on any atom is 0.356 e. The van der Waals surface area contributed by atoms with Crippen molar-refractivity contribution < 1.29 is 22.7 Å². The molecule has 2 rings (SSSR count). The van der Waals surface area contributed by atoms with Crippen LogP contribution < -0.4 is 4.72 Å². The molecule has 0 aliphatic carbocycles. The number of halogens is 1. The zero-order valence-electron chi connectivity index (χ0n) is 9.07. The zero-order chi connectivity index (χ0) is 14.0. The number of sulfonamides is 1. The second-order valence-corrected chi connectivity index (χ2v) is 6.00. The first kappa shape index (κ1) is 13.4. The van der Waals surface area contributed by atoms with E-state index in [0.29, 0.717) is 11.3 Å². The maximum atomic E-state index is 12.6. The Hall–Kier alpha value is -2.07. The van der Waals surface area contributed by atoms with Gasteiger partial charge in [0.25, 0.3) is 10.0 Å². The van der Waals surface area contributed by atoms with Gasteiger partial charge < -0.3 is 5.11 Å². The molecule has 0 radical (unpaired) electrons. The summed E-state index contributed by atoms with van der Waals surface area (Å²) in [5.74, 6) is -2.20. The van der Waals surface area contributed by atoms with E-state index in [0.717, 1.165) is 17.8 Å². The quantitative estimate of drug-likeness (QED) is 0.821. The van der Waals surface area contributed by atoms with Gasteiger partial charge in [-0.1, -0.05) is 0 Å². The monoisotopic (exact) mass is 303 g/mol. The maximum absolute atomic E-state index is 12.6. The third-order valence-electron chi connectivity index (χ3n) is 1.96. The molecule has 0 amide bonds. The third kappa shape index (κ3) is 2.85. The van der Waals surface area contributed by atoms with Crippen LogP contribution in [0, 0.1) is 5.95 Å². The van der Waals surface area contributed by atoms with Crippen LogP contribution in [0.5, 0.6) is 0 Å². The minimum absolute atomic E-state index is 0.0196. The summed E-state index contributed by atoms with van der Waals surface area (Å²) < 4.78 is 38.2. The van der Waals surface area contributed by atoms with Gasteiger partial charge in [0, 0.05) is 0 Å². The van der Waals surface area contributed by atoms with E-state index in [1.807, 2.05) is 0 Å². The van der Waals surface area contributed by atoms with Gasteiger partial charge >= 0.3 is 5.97 Å². The smallest absolute Gasteiger partial charge is 0.356 e. The van der Waals surface area contributed by atoms with Crippen LogP contribution in [-0.4, -0.2) is 29.5 Å². The van der Waals surface area contributed by atoms with Crippen molar-refractivity contribution in [3.63, 3.8) is 0 Å². The fourth-order valence-electron chi connectivity index (χ4n) is 1.21. The van der Waals surface area contributed by atoms with Gasteiger partial charge in [0.15, 0.2) is 9.90 Å². The van der Waals surface area contributed by atoms with Crippen molar-refractivity contribution in [2.75, 3.05) is 4.72 Å². The number of anilines is 1. The Bertz CT molecular complexity index is 711. The minimum Gasteiger partial charge on any atom is -0.476 e. The Morgan fingerprint density at radius 1 is 1.37 bits per heavy atom. The number of rotatable bonds is 4. The van der Waals surface area contributed by atoms with E-state index >= 15 is 0 Å². The number of carboxylic acids is 1. The molecule has 0 spiro atoms. The van der Waals surface area contributed by atoms with Crippen molar-refractivity contribution >= 4 is 33.0 Å². The van der Waals surface area contributed by atoms with Crippen molar-refractivity contribution in [1.29, 1.82) is 0 Å². The van der Waals surface area contributed by atoms with Crippen LogP contribution in [0.25, 0.3) is 0 Å². The van der Waals surface area contributed by atoms with Crippen LogP contribution >= 0.6 is 11.3 Å². The van der Waals surface area contributed by atoms with Crippen molar-refractivity contribution in [3.8, 4) is 0 Å². The highest BCUT2D eigenvalue weighted by molar-refractivity contribution is 7.94. The van der Waals surface area contributed by atoms with E-state index in [4.69, 9.17) is 5.11 Å². The van der Waals surface area contributed by atoms with E-state index < -0.39 is 31.8 Å². The van der Waals surface area contributed by atoms with Gasteiger partial charge in [-0.25, -0.2) is 23.2 Å². The van der Waals surface area contributed by atoms with Crippen LogP contribution in [0.15, 0.2) is 28.0 Å². The molecule has 0 fully saturated rings. The van der Waals surface area contributed by atoms with Gasteiger partial charge in [0.05, 0.1) is 17.4 Å². The molecule has 0 atom stereocenters. The number of thiazole rings is 1. The van der Waals surface area contributed by atoms with E-state index in [1.54, 1.807) is 0 Å². The molecule has 0 saturated carbocycles. The summed E-state index contributed by atoms with van der Waals surface area (Å²) in [6.07, 6.45) is 0.981. The van der Waals surface area contributed by atoms with E-state index in [9.17, 15) is 17.6 Å². The molecule has 0 bridgehead atoms. The number of hydrogen-bond donors (Lipinski definition) is 2. The van der Waals surface area contributed by atoms with E-state index in [-0.39, 0.29) is 5.69 Å². The molecule has 7 nitrogen and oxygen atoms in total. The number of aromatic nitrogens is 2. The van der Waals surface area contributed by atoms with Gasteiger partial charge in [-0.2, -0.15) is 4.39 Å². The topological polar surface area (TPSA) is 109 Å². The Balaban J connectivity index is 2.35. The zero-order valence-corrected chi connectivity index (χ0v) is 10.7. The first-order chi connectivity index (χ1) is 8.90. The second kappa shape index (κ2) is 4.90. The predicted octanol–water partition coefficient (Wildman–Crippen LogP) is 1.18. The number of carboxylic acid groups (broad SMARTS) is 1. The molecule has 2 aromatic heterocycles. The van der Waals surface area contributed by atoms with Crippen molar-refractivity contribution in [1.82, 2.24) is 9.97 Å². The molecule has 0 unspecified atom stereocenters. The lowest BCUT2D eigenvalue weighted by Crippen LogP contribution is -2.15. The molecule has 100 valence electrons. The van der Waals surface area contributed by atoms with Crippen molar-refractivity contribution in [2.45, 2.75) is 4.21 Å². The first-order valence-corrected chi connectivity index (χ1v) is 7.07. The highest BCUT2D eigenvalue weighted by Gasteiger charge is 2.25. The van der Waals surface area contributed by atoms with E-state index in [2.05, 4.69) is 14.7 Å². The van der Waals surface area contributed by atoms with Crippen LogP contribution in [0.2, 0.25) is 0 Å². The SMILES string of the molecule is O=C(O)c1ncsc1S(=O)(=O)Nc1ccc(F)nc1. The number of aromatic carboxylic acids is 1. The van der Waals surface area contributed by atoms with Crippen LogP contribution in [0.4, 0.5) is 10.1 Å². The fourth-order valence-corrected chi connectivity index (χ4v) is 3.39. The molecule has 2 aromatic rings. The molecule has 19 heavy (non-hydrogen) atoms. The van der Waals surface area contributed by atoms with Gasteiger partial charge in [-0.05, 0) is 12.1 Å². The third-order valence-corrected chi connectivity index (χ3v) is 4.71. The molecule has 10 heteroatoms. The molecular formula is C9H6FN3O4S2. The molecule has 0 aliphatic rings. The largest absolute Gasteiger partial charge is 0.476 e. The summed E-state index contributed by atoms with van der Waals surface area (Å²) in [7, 11) is -4.10. The molecular weight excluding hydrogens is 297 g/mol. The van der Waals surface area contributed by atoms with Gasteiger partial charge in [0.2, 0.25) is 5.95 Å². The highest BCUT2D eigenvalue weighted by Crippen LogP contribution is 2.22. The first-order valence-electron chi connectivity index (χ1n) is 4.71. The van der Waals surface area contributed by atoms with Gasteiger partial charge in [-0.15, -0.1) is 11.3 Å². The normalized spacial score (nSPS) is 11.2. The fraction of sp³-hybridized carbons (Fsp3) is 0. The Morgan fingerprint density at radius 3 is 2.68 bits per heavy atom. The minimum atomic E-state index is -4.10. The number of carbonyl (C=O) groups is 1. The average molecular weight is 303 g/mol. The van der Waals surface area contributed by atoms with Gasteiger partial charge in [0.1, 0.15) is 0 Å². The summed E-state index contributed by atoms with van der Waals surface area (Å²) in [5.41, 5.74) is 0.569. The van der Waals surface area contributed by atoms with Crippen molar-refractivity contribution in [3.05, 3.63) is 35.5 Å². The number of pyridine rings is 1. The Kier molecular flexibility index (Phi) is 3.44. The summed E-state index contributed by atoms with van der Waals surface area (Å²) in [5, 5.41) is 8.81. The summed E-state index contributed by atoms with van der Waals surface area (Å²) in [6, 6.07) is 2.14. The average Bonchev–Trinajstić information content (AvgIpc) is 2.82. The van der Waals surface area contributed by atoms with Crippen LogP contribution in [0.1, 0.15) is 10.5 Å². The van der Waals surface area contributed by atoms with Crippen LogP contribution in [-0.2, 0) is 10.0 Å². The second-order valence-electron chi connectivity index (χ2n) is 3.27. The molecule has 0 aromatic carbocycles. The predicted molar refractivity (Wildman–Crippen MR) is 64.1 cm³/mol. The summed E-state index contributed by atoms with van der Waals surface area (Å²) in [4.78, 5) is 17.6. The summed E-state index contributed by atoms with van der Waals surface area (Å²) >= 11 is 0.670. The lowest BCUT2D eigenvalue weighted by atomic mass is 10.4. The molecule has 0 saturated heterocycles.